The van der Waals surface area contributed by atoms with Gasteiger partial charge in [-0.05, 0) is 37.0 Å². The first-order valence-electron chi connectivity index (χ1n) is 6.68. The number of hydrogen-bond donors (Lipinski definition) is 1. The molecule has 100 valence electrons. The molecule has 0 aliphatic carbocycles. The second-order valence-corrected chi connectivity index (χ2v) is 7.47. The molecule has 3 atom stereocenters. The van der Waals surface area contributed by atoms with Crippen molar-refractivity contribution < 1.29 is 4.21 Å². The molecule has 18 heavy (non-hydrogen) atoms. The first-order chi connectivity index (χ1) is 8.41. The topological polar surface area (TPSA) is 29.1 Å². The Balaban J connectivity index is 2.55. The third kappa shape index (κ3) is 2.39. The number of rotatable bonds is 2. The van der Waals surface area contributed by atoms with Crippen LogP contribution in [0.1, 0.15) is 49.9 Å². The standard InChI is InChI=1S/C15H23NOS/c1-9(2)16-13-8-12(5)18(17)15-11(4)7-6-10(3)14(13)15/h6-7,9,12-13,16H,8H2,1-5H3. The van der Waals surface area contributed by atoms with Gasteiger partial charge in [-0.1, -0.05) is 32.9 Å². The molecule has 0 radical (unpaired) electrons. The summed E-state index contributed by atoms with van der Waals surface area (Å²) in [5, 5.41) is 3.85. The molecule has 1 aromatic rings. The third-order valence-corrected chi connectivity index (χ3v) is 5.50. The highest BCUT2D eigenvalue weighted by Crippen LogP contribution is 2.37. The summed E-state index contributed by atoms with van der Waals surface area (Å²) in [7, 11) is -0.857. The Morgan fingerprint density at radius 1 is 1.28 bits per heavy atom. The average Bonchev–Trinajstić information content (AvgIpc) is 2.28. The van der Waals surface area contributed by atoms with E-state index in [1.54, 1.807) is 0 Å². The second-order valence-electron chi connectivity index (χ2n) is 5.66. The van der Waals surface area contributed by atoms with Crippen molar-refractivity contribution in [2.75, 3.05) is 0 Å². The molecular formula is C15H23NOS. The summed E-state index contributed by atoms with van der Waals surface area (Å²) in [5.41, 5.74) is 3.70. The van der Waals surface area contributed by atoms with Gasteiger partial charge in [0.05, 0.1) is 10.8 Å². The summed E-state index contributed by atoms with van der Waals surface area (Å²) >= 11 is 0. The number of hydrogen-bond acceptors (Lipinski definition) is 2. The van der Waals surface area contributed by atoms with E-state index in [0.29, 0.717) is 12.1 Å². The number of benzene rings is 1. The van der Waals surface area contributed by atoms with Gasteiger partial charge >= 0.3 is 0 Å². The van der Waals surface area contributed by atoms with Crippen LogP contribution in [0.5, 0.6) is 0 Å². The minimum Gasteiger partial charge on any atom is -0.308 e. The van der Waals surface area contributed by atoms with Crippen LogP contribution in [-0.4, -0.2) is 15.5 Å². The highest BCUT2D eigenvalue weighted by molar-refractivity contribution is 7.85. The zero-order chi connectivity index (χ0) is 13.4. The molecule has 1 N–H and O–H groups in total. The number of fused-ring (bicyclic) bond motifs is 1. The van der Waals surface area contributed by atoms with Crippen LogP contribution < -0.4 is 5.32 Å². The molecule has 0 fully saturated rings. The molecule has 0 bridgehead atoms. The highest BCUT2D eigenvalue weighted by Gasteiger charge is 2.32. The van der Waals surface area contributed by atoms with Crippen molar-refractivity contribution in [2.24, 2.45) is 0 Å². The van der Waals surface area contributed by atoms with Gasteiger partial charge in [0.25, 0.3) is 0 Å². The molecule has 0 saturated heterocycles. The van der Waals surface area contributed by atoms with E-state index in [1.807, 2.05) is 0 Å². The average molecular weight is 265 g/mol. The molecule has 1 aromatic carbocycles. The zero-order valence-corrected chi connectivity index (χ0v) is 12.7. The van der Waals surface area contributed by atoms with E-state index in [2.05, 4.69) is 52.1 Å². The Hall–Kier alpha value is -0.670. The van der Waals surface area contributed by atoms with Gasteiger partial charge in [0.2, 0.25) is 0 Å². The first-order valence-corrected chi connectivity index (χ1v) is 7.89. The fourth-order valence-electron chi connectivity index (χ4n) is 2.80. The lowest BCUT2D eigenvalue weighted by molar-refractivity contribution is 0.434. The summed E-state index contributed by atoms with van der Waals surface area (Å²) in [5.74, 6) is 0. The van der Waals surface area contributed by atoms with E-state index in [1.165, 1.54) is 11.1 Å². The predicted molar refractivity (Wildman–Crippen MR) is 77.4 cm³/mol. The Bertz CT molecular complexity index is 482. The van der Waals surface area contributed by atoms with Crippen LogP contribution in [0.2, 0.25) is 0 Å². The van der Waals surface area contributed by atoms with Gasteiger partial charge in [0, 0.05) is 22.2 Å². The van der Waals surface area contributed by atoms with Gasteiger partial charge in [0.15, 0.2) is 0 Å². The third-order valence-electron chi connectivity index (χ3n) is 3.63. The second kappa shape index (κ2) is 5.14. The van der Waals surface area contributed by atoms with Crippen LogP contribution in [0.15, 0.2) is 17.0 Å². The normalized spacial score (nSPS) is 27.3. The quantitative estimate of drug-likeness (QED) is 0.889. The Labute approximate surface area is 113 Å². The van der Waals surface area contributed by atoms with Crippen LogP contribution in [0.4, 0.5) is 0 Å². The Morgan fingerprint density at radius 2 is 1.89 bits per heavy atom. The van der Waals surface area contributed by atoms with Crippen molar-refractivity contribution in [3.63, 3.8) is 0 Å². The van der Waals surface area contributed by atoms with Gasteiger partial charge in [-0.2, -0.15) is 0 Å². The number of nitrogens with one attached hydrogen (secondary N) is 1. The lowest BCUT2D eigenvalue weighted by Crippen LogP contribution is -2.36. The van der Waals surface area contributed by atoms with E-state index >= 15 is 0 Å². The van der Waals surface area contributed by atoms with Crippen molar-refractivity contribution in [1.29, 1.82) is 0 Å². The van der Waals surface area contributed by atoms with Crippen LogP contribution in [0, 0.1) is 13.8 Å². The van der Waals surface area contributed by atoms with E-state index in [-0.39, 0.29) is 5.25 Å². The molecule has 0 saturated carbocycles. The van der Waals surface area contributed by atoms with Gasteiger partial charge in [-0.3, -0.25) is 4.21 Å². The molecule has 1 heterocycles. The number of aryl methyl sites for hydroxylation is 2. The minimum atomic E-state index is -0.857. The van der Waals surface area contributed by atoms with Gasteiger partial charge in [-0.25, -0.2) is 0 Å². The minimum absolute atomic E-state index is 0.231. The maximum absolute atomic E-state index is 12.5. The van der Waals surface area contributed by atoms with E-state index in [0.717, 1.165) is 16.9 Å². The lowest BCUT2D eigenvalue weighted by atomic mass is 9.94. The van der Waals surface area contributed by atoms with Crippen LogP contribution in [0.25, 0.3) is 0 Å². The summed E-state index contributed by atoms with van der Waals surface area (Å²) in [6.45, 7) is 10.6. The van der Waals surface area contributed by atoms with Crippen LogP contribution in [0.3, 0.4) is 0 Å². The highest BCUT2D eigenvalue weighted by atomic mass is 32.2. The van der Waals surface area contributed by atoms with Crippen molar-refractivity contribution >= 4 is 10.8 Å². The Morgan fingerprint density at radius 3 is 2.50 bits per heavy atom. The van der Waals surface area contributed by atoms with Crippen molar-refractivity contribution in [3.8, 4) is 0 Å². The maximum atomic E-state index is 12.5. The van der Waals surface area contributed by atoms with Crippen LogP contribution >= 0.6 is 0 Å². The van der Waals surface area contributed by atoms with Gasteiger partial charge in [0.1, 0.15) is 0 Å². The van der Waals surface area contributed by atoms with E-state index in [4.69, 9.17) is 0 Å². The molecule has 2 rings (SSSR count). The lowest BCUT2D eigenvalue weighted by Gasteiger charge is -2.33. The summed E-state index contributed by atoms with van der Waals surface area (Å²) in [6.07, 6.45) is 0.960. The molecule has 1 aliphatic heterocycles. The molecule has 2 nitrogen and oxygen atoms in total. The molecule has 3 unspecified atom stereocenters. The summed E-state index contributed by atoms with van der Waals surface area (Å²) in [6, 6.07) is 5.03. The maximum Gasteiger partial charge on any atom is 0.0564 e. The fraction of sp³-hybridized carbons (Fsp3) is 0.600. The SMILES string of the molecule is Cc1ccc(C)c2c1C(NC(C)C)CC(C)S2=O. The van der Waals surface area contributed by atoms with Gasteiger partial charge < -0.3 is 5.32 Å². The van der Waals surface area contributed by atoms with Crippen molar-refractivity contribution in [3.05, 3.63) is 28.8 Å². The molecule has 1 aliphatic rings. The molecule has 0 amide bonds. The van der Waals surface area contributed by atoms with Crippen molar-refractivity contribution in [2.45, 2.75) is 63.3 Å². The monoisotopic (exact) mass is 265 g/mol. The summed E-state index contributed by atoms with van der Waals surface area (Å²) in [4.78, 5) is 1.08. The van der Waals surface area contributed by atoms with E-state index in [9.17, 15) is 4.21 Å². The van der Waals surface area contributed by atoms with E-state index < -0.39 is 10.8 Å². The first kappa shape index (κ1) is 13.8. The Kier molecular flexibility index (Phi) is 3.93. The zero-order valence-electron chi connectivity index (χ0n) is 11.9. The van der Waals surface area contributed by atoms with Gasteiger partial charge in [-0.15, -0.1) is 0 Å². The molecule has 0 aromatic heterocycles. The largest absolute Gasteiger partial charge is 0.308 e. The molecular weight excluding hydrogens is 242 g/mol. The predicted octanol–water partition coefficient (Wildman–Crippen LogP) is 3.24. The van der Waals surface area contributed by atoms with Crippen LogP contribution in [-0.2, 0) is 10.8 Å². The molecule has 0 spiro atoms. The molecule has 3 heteroatoms. The van der Waals surface area contributed by atoms with Crippen molar-refractivity contribution in [1.82, 2.24) is 5.32 Å². The smallest absolute Gasteiger partial charge is 0.0564 e. The fourth-order valence-corrected chi connectivity index (χ4v) is 4.47. The summed E-state index contributed by atoms with van der Waals surface area (Å²) < 4.78 is 12.5.